The highest BCUT2D eigenvalue weighted by Crippen LogP contribution is 2.42. The third kappa shape index (κ3) is 4.27. The van der Waals surface area contributed by atoms with E-state index in [0.29, 0.717) is 12.0 Å². The third-order valence-corrected chi connectivity index (χ3v) is 4.10. The number of halogens is 1. The van der Waals surface area contributed by atoms with Gasteiger partial charge in [-0.3, -0.25) is 4.98 Å². The minimum Gasteiger partial charge on any atom is -0.312 e. The molecule has 3 heteroatoms. The lowest BCUT2D eigenvalue weighted by atomic mass is 9.78. The van der Waals surface area contributed by atoms with Gasteiger partial charge < -0.3 is 5.32 Å². The van der Waals surface area contributed by atoms with Crippen LogP contribution in [-0.2, 0) is 6.54 Å². The first-order valence-electron chi connectivity index (χ1n) is 7.40. The lowest BCUT2D eigenvalue weighted by Crippen LogP contribution is -2.33. The van der Waals surface area contributed by atoms with Gasteiger partial charge in [-0.2, -0.15) is 0 Å². The van der Waals surface area contributed by atoms with Gasteiger partial charge in [0.25, 0.3) is 0 Å². The average Bonchev–Trinajstić information content (AvgIpc) is 2.77. The van der Waals surface area contributed by atoms with E-state index in [9.17, 15) is 4.39 Å². The van der Waals surface area contributed by atoms with Crippen molar-refractivity contribution in [3.63, 3.8) is 0 Å². The molecule has 0 aliphatic heterocycles. The second-order valence-corrected chi connectivity index (χ2v) is 6.42. The lowest BCUT2D eigenvalue weighted by molar-refractivity contribution is 0.223. The molecule has 0 unspecified atom stereocenters. The van der Waals surface area contributed by atoms with Crippen molar-refractivity contribution in [3.05, 3.63) is 29.8 Å². The van der Waals surface area contributed by atoms with Crippen molar-refractivity contribution >= 4 is 0 Å². The van der Waals surface area contributed by atoms with Crippen molar-refractivity contribution < 1.29 is 4.39 Å². The maximum Gasteiger partial charge on any atom is 0.141 e. The molecule has 1 aromatic rings. The molecule has 19 heavy (non-hydrogen) atoms. The van der Waals surface area contributed by atoms with Crippen molar-refractivity contribution in [2.45, 2.75) is 52.5 Å². The van der Waals surface area contributed by atoms with Gasteiger partial charge in [-0.05, 0) is 42.2 Å². The Morgan fingerprint density at radius 2 is 2.05 bits per heavy atom. The molecule has 0 atom stereocenters. The lowest BCUT2D eigenvalue weighted by Gasteiger charge is -2.31. The van der Waals surface area contributed by atoms with E-state index in [1.165, 1.54) is 38.3 Å². The van der Waals surface area contributed by atoms with Crippen molar-refractivity contribution in [2.24, 2.45) is 11.3 Å². The van der Waals surface area contributed by atoms with Gasteiger partial charge in [0.1, 0.15) is 5.82 Å². The Kier molecular flexibility index (Phi) is 4.92. The van der Waals surface area contributed by atoms with Crippen LogP contribution in [0.25, 0.3) is 0 Å². The topological polar surface area (TPSA) is 24.9 Å². The summed E-state index contributed by atoms with van der Waals surface area (Å²) < 4.78 is 13.1. The number of hydrogen-bond acceptors (Lipinski definition) is 2. The number of nitrogens with one attached hydrogen (secondary N) is 1. The first-order valence-corrected chi connectivity index (χ1v) is 7.40. The highest BCUT2D eigenvalue weighted by atomic mass is 19.1. The molecule has 1 N–H and O–H groups in total. The van der Waals surface area contributed by atoms with E-state index in [0.717, 1.165) is 18.0 Å². The quantitative estimate of drug-likeness (QED) is 0.842. The molecule has 0 saturated heterocycles. The predicted octanol–water partition coefficient (Wildman–Crippen LogP) is 3.92. The van der Waals surface area contributed by atoms with Crippen molar-refractivity contribution in [2.75, 3.05) is 6.54 Å². The molecule has 1 aromatic heterocycles. The zero-order valence-electron chi connectivity index (χ0n) is 12.1. The molecule has 2 rings (SSSR count). The third-order valence-electron chi connectivity index (χ3n) is 4.10. The monoisotopic (exact) mass is 264 g/mol. The maximum atomic E-state index is 13.1. The molecule has 0 spiro atoms. The van der Waals surface area contributed by atoms with Crippen LogP contribution in [0.4, 0.5) is 4.39 Å². The van der Waals surface area contributed by atoms with E-state index < -0.39 is 0 Å². The van der Waals surface area contributed by atoms with Gasteiger partial charge in [-0.15, -0.1) is 0 Å². The first kappa shape index (κ1) is 14.4. The molecule has 0 bridgehead atoms. The van der Waals surface area contributed by atoms with Gasteiger partial charge in [-0.25, -0.2) is 4.39 Å². The van der Waals surface area contributed by atoms with Crippen molar-refractivity contribution in [3.8, 4) is 0 Å². The summed E-state index contributed by atoms with van der Waals surface area (Å²) >= 11 is 0. The molecule has 106 valence electrons. The van der Waals surface area contributed by atoms with Crippen LogP contribution in [0.3, 0.4) is 0 Å². The zero-order valence-corrected chi connectivity index (χ0v) is 12.1. The summed E-state index contributed by atoms with van der Waals surface area (Å²) in [5, 5.41) is 3.51. The molecular weight excluding hydrogens is 239 g/mol. The summed E-state index contributed by atoms with van der Waals surface area (Å²) in [4.78, 5) is 3.89. The number of rotatable bonds is 6. The second kappa shape index (κ2) is 6.47. The van der Waals surface area contributed by atoms with Crippen LogP contribution in [0.5, 0.6) is 0 Å². The molecular formula is C16H25FN2. The minimum absolute atomic E-state index is 0.253. The Morgan fingerprint density at radius 1 is 1.32 bits per heavy atom. The highest BCUT2D eigenvalue weighted by Gasteiger charge is 2.33. The molecule has 2 nitrogen and oxygen atoms in total. The summed E-state index contributed by atoms with van der Waals surface area (Å²) in [5.74, 6) is 0.493. The number of pyridine rings is 1. The summed E-state index contributed by atoms with van der Waals surface area (Å²) in [5.41, 5.74) is 1.40. The standard InChI is InChI=1S/C16H25FN2/c1-13(2)8-16(5-3-4-6-16)12-19-10-14-7-15(17)11-18-9-14/h7,9,11,13,19H,3-6,8,10,12H2,1-2H3. The van der Waals surface area contributed by atoms with Crippen LogP contribution in [0.1, 0.15) is 51.5 Å². The number of aromatic nitrogens is 1. The van der Waals surface area contributed by atoms with Crippen molar-refractivity contribution in [1.29, 1.82) is 0 Å². The van der Waals surface area contributed by atoms with Crippen LogP contribution < -0.4 is 5.32 Å². The molecule has 0 radical (unpaired) electrons. The van der Waals surface area contributed by atoms with E-state index >= 15 is 0 Å². The van der Waals surface area contributed by atoms with E-state index in [1.807, 2.05) is 0 Å². The fourth-order valence-corrected chi connectivity index (χ4v) is 3.47. The van der Waals surface area contributed by atoms with Gasteiger partial charge in [-0.1, -0.05) is 26.7 Å². The molecule has 0 amide bonds. The molecule has 0 aromatic carbocycles. The summed E-state index contributed by atoms with van der Waals surface area (Å²) in [6.07, 6.45) is 9.66. The second-order valence-electron chi connectivity index (χ2n) is 6.42. The highest BCUT2D eigenvalue weighted by molar-refractivity contribution is 5.09. The van der Waals surface area contributed by atoms with Crippen LogP contribution in [0.2, 0.25) is 0 Å². The van der Waals surface area contributed by atoms with Gasteiger partial charge in [0.05, 0.1) is 6.20 Å². The van der Waals surface area contributed by atoms with Gasteiger partial charge >= 0.3 is 0 Å². The van der Waals surface area contributed by atoms with E-state index in [1.54, 1.807) is 12.3 Å². The average molecular weight is 264 g/mol. The normalized spacial score (nSPS) is 18.1. The van der Waals surface area contributed by atoms with Crippen LogP contribution in [-0.4, -0.2) is 11.5 Å². The SMILES string of the molecule is CC(C)CC1(CNCc2cncc(F)c2)CCCC1. The van der Waals surface area contributed by atoms with Gasteiger partial charge in [0.15, 0.2) is 0 Å². The Morgan fingerprint density at radius 3 is 2.68 bits per heavy atom. The summed E-state index contributed by atoms with van der Waals surface area (Å²) in [6, 6.07) is 1.56. The predicted molar refractivity (Wildman–Crippen MR) is 76.3 cm³/mol. The molecule has 1 aliphatic rings. The number of hydrogen-bond donors (Lipinski definition) is 1. The van der Waals surface area contributed by atoms with E-state index in [-0.39, 0.29) is 5.82 Å². The Balaban J connectivity index is 1.86. The van der Waals surface area contributed by atoms with Crippen LogP contribution in [0.15, 0.2) is 18.5 Å². The molecule has 1 fully saturated rings. The Bertz CT molecular complexity index is 397. The molecule has 1 aliphatic carbocycles. The first-order chi connectivity index (χ1) is 9.10. The fraction of sp³-hybridized carbons (Fsp3) is 0.688. The number of nitrogens with zero attached hydrogens (tertiary/aromatic N) is 1. The fourth-order valence-electron chi connectivity index (χ4n) is 3.47. The zero-order chi connectivity index (χ0) is 13.7. The summed E-state index contributed by atoms with van der Waals surface area (Å²) in [6.45, 7) is 6.36. The summed E-state index contributed by atoms with van der Waals surface area (Å²) in [7, 11) is 0. The van der Waals surface area contributed by atoms with Crippen LogP contribution in [0, 0.1) is 17.2 Å². The largest absolute Gasteiger partial charge is 0.312 e. The van der Waals surface area contributed by atoms with Crippen molar-refractivity contribution in [1.82, 2.24) is 10.3 Å². The van der Waals surface area contributed by atoms with E-state index in [2.05, 4.69) is 24.1 Å². The Labute approximate surface area is 115 Å². The van der Waals surface area contributed by atoms with Gasteiger partial charge in [0.2, 0.25) is 0 Å². The molecule has 1 heterocycles. The van der Waals surface area contributed by atoms with Crippen LogP contribution >= 0.6 is 0 Å². The minimum atomic E-state index is -0.253. The van der Waals surface area contributed by atoms with E-state index in [4.69, 9.17) is 0 Å². The smallest absolute Gasteiger partial charge is 0.141 e. The molecule has 1 saturated carbocycles. The van der Waals surface area contributed by atoms with Gasteiger partial charge in [0, 0.05) is 19.3 Å². The maximum absolute atomic E-state index is 13.1. The Hall–Kier alpha value is -0.960.